The first-order valence-electron chi connectivity index (χ1n) is 11.9. The van der Waals surface area contributed by atoms with Gasteiger partial charge in [-0.15, -0.1) is 0 Å². The maximum Gasteiger partial charge on any atom is 0.446 e. The van der Waals surface area contributed by atoms with E-state index < -0.39 is 43.6 Å². The molecule has 0 atom stereocenters. The van der Waals surface area contributed by atoms with Crippen LogP contribution >= 0.6 is 11.8 Å². The van der Waals surface area contributed by atoms with Gasteiger partial charge in [0.2, 0.25) is 0 Å². The van der Waals surface area contributed by atoms with Crippen molar-refractivity contribution in [3.63, 3.8) is 0 Å². The van der Waals surface area contributed by atoms with Crippen LogP contribution in [0.3, 0.4) is 0 Å². The van der Waals surface area contributed by atoms with Crippen LogP contribution in [0.4, 0.5) is 27.6 Å². The molecule has 1 N–H and O–H groups in total. The number of fused-ring (bicyclic) bond motifs is 1. The van der Waals surface area contributed by atoms with E-state index in [1.165, 1.54) is 27.8 Å². The van der Waals surface area contributed by atoms with Crippen molar-refractivity contribution in [1.29, 1.82) is 0 Å². The van der Waals surface area contributed by atoms with Crippen molar-refractivity contribution in [1.82, 2.24) is 24.4 Å². The number of thioether (sulfide) groups is 1. The van der Waals surface area contributed by atoms with Crippen LogP contribution in [0.2, 0.25) is 25.7 Å². The second kappa shape index (κ2) is 11.9. The van der Waals surface area contributed by atoms with Gasteiger partial charge in [-0.05, 0) is 42.1 Å². The Hall–Kier alpha value is -3.50. The third-order valence-corrected chi connectivity index (χ3v) is 7.90. The van der Waals surface area contributed by atoms with Crippen molar-refractivity contribution < 1.29 is 36.2 Å². The third kappa shape index (κ3) is 7.57. The number of halogens is 5. The summed E-state index contributed by atoms with van der Waals surface area (Å²) in [7, 11) is -1.44. The summed E-state index contributed by atoms with van der Waals surface area (Å²) in [6.45, 7) is 3.46. The fourth-order valence-corrected chi connectivity index (χ4v) is 4.99. The lowest BCUT2D eigenvalue weighted by atomic mass is 10.1. The molecular weight excluding hydrogens is 575 g/mol. The molecule has 4 aromatic rings. The molecule has 16 heteroatoms. The minimum absolute atomic E-state index is 0.0195. The van der Waals surface area contributed by atoms with Gasteiger partial charge in [0.1, 0.15) is 18.0 Å². The van der Waals surface area contributed by atoms with Gasteiger partial charge < -0.3 is 14.8 Å². The molecule has 0 aliphatic heterocycles. The van der Waals surface area contributed by atoms with Gasteiger partial charge in [-0.1, -0.05) is 19.6 Å². The van der Waals surface area contributed by atoms with Crippen LogP contribution in [0.1, 0.15) is 10.4 Å². The number of rotatable bonds is 11. The summed E-state index contributed by atoms with van der Waals surface area (Å²) in [4.78, 5) is 17.1. The molecule has 9 nitrogen and oxygen atoms in total. The predicted molar refractivity (Wildman–Crippen MR) is 141 cm³/mol. The number of nitrogens with one attached hydrogen (secondary N) is 1. The normalized spacial score (nSPS) is 12.3. The van der Waals surface area contributed by atoms with Crippen LogP contribution in [-0.2, 0) is 11.5 Å². The zero-order valence-corrected chi connectivity index (χ0v) is 23.4. The van der Waals surface area contributed by atoms with Gasteiger partial charge in [-0.3, -0.25) is 4.79 Å². The van der Waals surface area contributed by atoms with E-state index in [-0.39, 0.29) is 39.8 Å². The molecule has 0 radical (unpaired) electrons. The van der Waals surface area contributed by atoms with Crippen LogP contribution in [0, 0.1) is 0 Å². The van der Waals surface area contributed by atoms with Gasteiger partial charge in [-0.25, -0.2) is 14.2 Å². The summed E-state index contributed by atoms with van der Waals surface area (Å²) < 4.78 is 79.1. The smallest absolute Gasteiger partial charge is 0.434 e. The Kier molecular flexibility index (Phi) is 8.79. The Morgan fingerprint density at radius 2 is 1.95 bits per heavy atom. The average Bonchev–Trinajstić information content (AvgIpc) is 3.45. The van der Waals surface area contributed by atoms with Crippen molar-refractivity contribution in [2.45, 2.75) is 49.4 Å². The summed E-state index contributed by atoms with van der Waals surface area (Å²) in [5, 5.41) is 11.0. The standard InChI is InChI=1S/C24H25F5N6O3SSi/c1-40(2,3)10-9-37-14-35-20(16-11-15(39-24(27,28)29)5-6-19(16)38-23(25)26)18(13-32-35)33-22(36)17-12-31-34-8-4-7-30-21(17)34/h4-8,11-13,23H,9-10,14H2,1-3H3,(H,33,36). The molecule has 3 aromatic heterocycles. The van der Waals surface area contributed by atoms with Crippen molar-refractivity contribution in [2.75, 3.05) is 11.9 Å². The van der Waals surface area contributed by atoms with E-state index in [1.807, 2.05) is 0 Å². The second-order valence-electron chi connectivity index (χ2n) is 9.74. The first kappa shape index (κ1) is 29.5. The van der Waals surface area contributed by atoms with Crippen molar-refractivity contribution in [3.05, 3.63) is 54.6 Å². The number of hydrogen-bond donors (Lipinski definition) is 1. The summed E-state index contributed by atoms with van der Waals surface area (Å²) in [5.41, 5.74) is -4.36. The number of hydrogen-bond acceptors (Lipinski definition) is 7. The van der Waals surface area contributed by atoms with Crippen LogP contribution in [0.5, 0.6) is 5.75 Å². The van der Waals surface area contributed by atoms with E-state index in [2.05, 4.69) is 44.9 Å². The highest BCUT2D eigenvalue weighted by atomic mass is 32.2. The quantitative estimate of drug-likeness (QED) is 0.0925. The van der Waals surface area contributed by atoms with E-state index in [0.717, 1.165) is 24.2 Å². The highest BCUT2D eigenvalue weighted by Crippen LogP contribution is 2.43. The average molecular weight is 601 g/mol. The molecule has 1 aromatic carbocycles. The Morgan fingerprint density at radius 1 is 1.18 bits per heavy atom. The van der Waals surface area contributed by atoms with Crippen LogP contribution < -0.4 is 10.1 Å². The molecule has 0 saturated heterocycles. The van der Waals surface area contributed by atoms with E-state index in [0.29, 0.717) is 6.61 Å². The van der Waals surface area contributed by atoms with Gasteiger partial charge in [0, 0.05) is 37.5 Å². The minimum atomic E-state index is -4.63. The molecular formula is C24H25F5N6O3SSi. The number of alkyl halides is 5. The van der Waals surface area contributed by atoms with Gasteiger partial charge in [0.05, 0.1) is 23.8 Å². The fraction of sp³-hybridized carbons (Fsp3) is 0.333. The van der Waals surface area contributed by atoms with E-state index in [4.69, 9.17) is 4.74 Å². The van der Waals surface area contributed by atoms with E-state index in [1.54, 1.807) is 12.3 Å². The van der Waals surface area contributed by atoms with Crippen LogP contribution in [0.15, 0.2) is 53.9 Å². The van der Waals surface area contributed by atoms with E-state index >= 15 is 0 Å². The van der Waals surface area contributed by atoms with Crippen molar-refractivity contribution in [2.24, 2.45) is 0 Å². The molecule has 0 fully saturated rings. The molecule has 214 valence electrons. The zero-order valence-electron chi connectivity index (χ0n) is 21.6. The fourth-order valence-electron chi connectivity index (χ4n) is 3.66. The number of ether oxygens (including phenoxy) is 2. The SMILES string of the molecule is C[Si](C)(C)CCOCn1ncc(NC(=O)c2cnn3cccnc23)c1-c1cc(SC(F)(F)F)ccc1OC(F)F. The number of aromatic nitrogens is 5. The van der Waals surface area contributed by atoms with Gasteiger partial charge in [0.25, 0.3) is 5.91 Å². The number of carbonyl (C=O) groups excluding carboxylic acids is 1. The summed E-state index contributed by atoms with van der Waals surface area (Å²) in [6.07, 6.45) is 5.63. The maximum atomic E-state index is 13.3. The van der Waals surface area contributed by atoms with Gasteiger partial charge >= 0.3 is 12.1 Å². The van der Waals surface area contributed by atoms with Gasteiger partial charge in [-0.2, -0.15) is 32.1 Å². The second-order valence-corrected chi connectivity index (χ2v) is 16.5. The van der Waals surface area contributed by atoms with Crippen molar-refractivity contribution in [3.8, 4) is 17.0 Å². The predicted octanol–water partition coefficient (Wildman–Crippen LogP) is 6.37. The minimum Gasteiger partial charge on any atom is -0.434 e. The maximum absolute atomic E-state index is 13.3. The first-order valence-corrected chi connectivity index (χ1v) is 16.4. The Labute approximate surface area is 230 Å². The third-order valence-electron chi connectivity index (χ3n) is 5.48. The Morgan fingerprint density at radius 3 is 2.65 bits per heavy atom. The summed E-state index contributed by atoms with van der Waals surface area (Å²) in [6, 6.07) is 5.54. The highest BCUT2D eigenvalue weighted by Gasteiger charge is 2.31. The largest absolute Gasteiger partial charge is 0.446 e. The molecule has 0 spiro atoms. The molecule has 0 unspecified atom stereocenters. The molecule has 0 aliphatic carbocycles. The Bertz CT molecular complexity index is 1490. The topological polar surface area (TPSA) is 95.6 Å². The molecule has 0 saturated carbocycles. The molecule has 0 bridgehead atoms. The number of amides is 1. The van der Waals surface area contributed by atoms with Gasteiger partial charge in [0.15, 0.2) is 5.65 Å². The number of benzene rings is 1. The lowest BCUT2D eigenvalue weighted by Crippen LogP contribution is -2.22. The van der Waals surface area contributed by atoms with Crippen LogP contribution in [-0.4, -0.2) is 57.1 Å². The molecule has 3 heterocycles. The van der Waals surface area contributed by atoms with E-state index in [9.17, 15) is 26.7 Å². The number of anilines is 1. The highest BCUT2D eigenvalue weighted by molar-refractivity contribution is 8.00. The summed E-state index contributed by atoms with van der Waals surface area (Å²) >= 11 is -0.417. The monoisotopic (exact) mass is 600 g/mol. The molecule has 1 amide bonds. The lowest BCUT2D eigenvalue weighted by molar-refractivity contribution is -0.0496. The Balaban J connectivity index is 1.75. The molecule has 40 heavy (non-hydrogen) atoms. The molecule has 4 rings (SSSR count). The lowest BCUT2D eigenvalue weighted by Gasteiger charge is -2.18. The molecule has 0 aliphatic rings. The number of nitrogens with zero attached hydrogens (tertiary/aromatic N) is 5. The van der Waals surface area contributed by atoms with Crippen molar-refractivity contribution >= 4 is 37.1 Å². The summed E-state index contributed by atoms with van der Waals surface area (Å²) in [5.74, 6) is -1.05. The van der Waals surface area contributed by atoms with Crippen LogP contribution in [0.25, 0.3) is 16.9 Å². The zero-order chi connectivity index (χ0) is 29.1. The number of carbonyl (C=O) groups is 1. The first-order chi connectivity index (χ1) is 18.8.